The Balaban J connectivity index is 1.51. The molecule has 1 aromatic heterocycles. The van der Waals surface area contributed by atoms with Gasteiger partial charge in [-0.25, -0.2) is 13.8 Å². The second-order valence-electron chi connectivity index (χ2n) is 6.72. The molecule has 1 amide bonds. The summed E-state index contributed by atoms with van der Waals surface area (Å²) in [6.45, 7) is 4.10. The molecule has 0 radical (unpaired) electrons. The minimum Gasteiger partial charge on any atom is -0.353 e. The van der Waals surface area contributed by atoms with Crippen LogP contribution >= 0.6 is 0 Å². The number of amides is 1. The van der Waals surface area contributed by atoms with Crippen LogP contribution in [-0.2, 0) is 0 Å². The van der Waals surface area contributed by atoms with Crippen LogP contribution in [0.3, 0.4) is 0 Å². The molecule has 2 heterocycles. The Kier molecular flexibility index (Phi) is 4.48. The molecule has 27 heavy (non-hydrogen) atoms. The summed E-state index contributed by atoms with van der Waals surface area (Å²) >= 11 is 0. The van der Waals surface area contributed by atoms with Crippen molar-refractivity contribution in [2.24, 2.45) is 0 Å². The number of aryl methyl sites for hydroxylation is 1. The minimum absolute atomic E-state index is 0.219. The van der Waals surface area contributed by atoms with Crippen molar-refractivity contribution in [2.75, 3.05) is 31.1 Å². The van der Waals surface area contributed by atoms with Gasteiger partial charge in [-0.1, -0.05) is 18.2 Å². The summed E-state index contributed by atoms with van der Waals surface area (Å²) in [4.78, 5) is 20.9. The maximum Gasteiger partial charge on any atom is 0.257 e. The molecule has 1 aliphatic rings. The van der Waals surface area contributed by atoms with Gasteiger partial charge in [-0.2, -0.15) is 0 Å². The van der Waals surface area contributed by atoms with Crippen molar-refractivity contribution in [3.8, 4) is 0 Å². The van der Waals surface area contributed by atoms with Gasteiger partial charge in [0, 0.05) is 31.6 Å². The number of nitrogens with zero attached hydrogens (tertiary/aromatic N) is 3. The van der Waals surface area contributed by atoms with E-state index in [2.05, 4.69) is 11.8 Å². The van der Waals surface area contributed by atoms with E-state index in [-0.39, 0.29) is 5.56 Å². The highest BCUT2D eigenvalue weighted by Gasteiger charge is 2.25. The van der Waals surface area contributed by atoms with Crippen molar-refractivity contribution >= 4 is 22.6 Å². The molecule has 4 nitrogen and oxygen atoms in total. The van der Waals surface area contributed by atoms with E-state index in [1.165, 1.54) is 0 Å². The lowest BCUT2D eigenvalue weighted by atomic mass is 10.1. The zero-order chi connectivity index (χ0) is 19.0. The molecule has 138 valence electrons. The summed E-state index contributed by atoms with van der Waals surface area (Å²) in [7, 11) is 0. The number of pyridine rings is 1. The van der Waals surface area contributed by atoms with Gasteiger partial charge in [0.25, 0.3) is 5.91 Å². The molecule has 3 aromatic rings. The highest BCUT2D eigenvalue weighted by atomic mass is 19.1. The van der Waals surface area contributed by atoms with Gasteiger partial charge >= 0.3 is 0 Å². The number of carbonyl (C=O) groups excluding carboxylic acids is 1. The van der Waals surface area contributed by atoms with Crippen molar-refractivity contribution in [1.29, 1.82) is 0 Å². The van der Waals surface area contributed by atoms with Crippen LogP contribution in [0, 0.1) is 18.6 Å². The van der Waals surface area contributed by atoms with E-state index < -0.39 is 17.5 Å². The average molecular weight is 367 g/mol. The molecule has 6 heteroatoms. The number of halogens is 2. The summed E-state index contributed by atoms with van der Waals surface area (Å²) in [6.07, 6.45) is 0. The molecule has 0 spiro atoms. The van der Waals surface area contributed by atoms with Crippen LogP contribution in [0.1, 0.15) is 15.9 Å². The van der Waals surface area contributed by atoms with Crippen LogP contribution in [0.5, 0.6) is 0 Å². The van der Waals surface area contributed by atoms with Crippen molar-refractivity contribution in [3.05, 3.63) is 71.3 Å². The van der Waals surface area contributed by atoms with E-state index in [0.29, 0.717) is 26.2 Å². The lowest BCUT2D eigenvalue weighted by Gasteiger charge is -2.35. The average Bonchev–Trinajstić information content (AvgIpc) is 2.69. The highest BCUT2D eigenvalue weighted by Crippen LogP contribution is 2.23. The van der Waals surface area contributed by atoms with Gasteiger partial charge in [-0.3, -0.25) is 4.79 Å². The predicted octanol–water partition coefficient (Wildman–Crippen LogP) is 3.78. The molecule has 4 rings (SSSR count). The van der Waals surface area contributed by atoms with Gasteiger partial charge in [0.05, 0.1) is 11.1 Å². The van der Waals surface area contributed by atoms with Gasteiger partial charge in [-0.05, 0) is 42.8 Å². The molecule has 2 aromatic carbocycles. The number of piperazine rings is 1. The molecule has 0 atom stereocenters. The smallest absolute Gasteiger partial charge is 0.257 e. The first-order valence-corrected chi connectivity index (χ1v) is 8.88. The van der Waals surface area contributed by atoms with Crippen LogP contribution in [0.15, 0.2) is 48.5 Å². The van der Waals surface area contributed by atoms with E-state index in [1.807, 2.05) is 30.3 Å². The zero-order valence-corrected chi connectivity index (χ0v) is 15.0. The zero-order valence-electron chi connectivity index (χ0n) is 15.0. The molecule has 1 aliphatic heterocycles. The van der Waals surface area contributed by atoms with E-state index in [9.17, 15) is 13.6 Å². The lowest BCUT2D eigenvalue weighted by Crippen LogP contribution is -2.49. The number of aromatic nitrogens is 1. The summed E-state index contributed by atoms with van der Waals surface area (Å²) in [5.74, 6) is -0.922. The van der Waals surface area contributed by atoms with Gasteiger partial charge in [0.2, 0.25) is 0 Å². The van der Waals surface area contributed by atoms with Gasteiger partial charge in [-0.15, -0.1) is 0 Å². The summed E-state index contributed by atoms with van der Waals surface area (Å²) in [5, 5.41) is 1.12. The maximum atomic E-state index is 13.9. The Hall–Kier alpha value is -3.02. The Bertz CT molecular complexity index is 1010. The quantitative estimate of drug-likeness (QED) is 0.692. The minimum atomic E-state index is -0.698. The first-order valence-electron chi connectivity index (χ1n) is 8.88. The van der Waals surface area contributed by atoms with Gasteiger partial charge < -0.3 is 9.80 Å². The van der Waals surface area contributed by atoms with Crippen LogP contribution in [-0.4, -0.2) is 42.0 Å². The number of anilines is 1. The molecule has 1 fully saturated rings. The fourth-order valence-corrected chi connectivity index (χ4v) is 3.46. The standard InChI is InChI=1S/C21H19F2N3O/c1-14-12-20(24-19-5-3-2-4-16(14)19)25-8-10-26(11-9-25)21(27)17-13-15(22)6-7-18(17)23/h2-7,12-13H,8-11H2,1H3. The molecule has 0 saturated carbocycles. The van der Waals surface area contributed by atoms with Crippen LogP contribution in [0.2, 0.25) is 0 Å². The molecule has 0 N–H and O–H groups in total. The van der Waals surface area contributed by atoms with E-state index in [1.54, 1.807) is 4.90 Å². The number of rotatable bonds is 2. The molecule has 0 bridgehead atoms. The van der Waals surface area contributed by atoms with Crippen molar-refractivity contribution in [2.45, 2.75) is 6.92 Å². The van der Waals surface area contributed by atoms with E-state index >= 15 is 0 Å². The van der Waals surface area contributed by atoms with Gasteiger partial charge in [0.1, 0.15) is 17.5 Å². The first kappa shape index (κ1) is 17.4. The number of para-hydroxylation sites is 1. The normalized spacial score (nSPS) is 14.6. The Morgan fingerprint density at radius 1 is 1.00 bits per heavy atom. The summed E-state index contributed by atoms with van der Waals surface area (Å²) in [5.41, 5.74) is 1.87. The molecule has 0 aliphatic carbocycles. The van der Waals surface area contributed by atoms with E-state index in [4.69, 9.17) is 4.98 Å². The van der Waals surface area contributed by atoms with Crippen LogP contribution in [0.4, 0.5) is 14.6 Å². The third-order valence-electron chi connectivity index (χ3n) is 4.96. The van der Waals surface area contributed by atoms with Crippen molar-refractivity contribution < 1.29 is 13.6 Å². The third-order valence-corrected chi connectivity index (χ3v) is 4.96. The fourth-order valence-electron chi connectivity index (χ4n) is 3.46. The Labute approximate surface area is 156 Å². The molecular weight excluding hydrogens is 348 g/mol. The first-order chi connectivity index (χ1) is 13.0. The second-order valence-corrected chi connectivity index (χ2v) is 6.72. The SMILES string of the molecule is Cc1cc(N2CCN(C(=O)c3cc(F)ccc3F)CC2)nc2ccccc12. The van der Waals surface area contributed by atoms with Crippen LogP contribution in [0.25, 0.3) is 10.9 Å². The fraction of sp³-hybridized carbons (Fsp3) is 0.238. The summed E-state index contributed by atoms with van der Waals surface area (Å²) in [6, 6.07) is 13.0. The number of carbonyl (C=O) groups is 1. The van der Waals surface area contributed by atoms with Gasteiger partial charge in [0.15, 0.2) is 0 Å². The lowest BCUT2D eigenvalue weighted by molar-refractivity contribution is 0.0741. The Morgan fingerprint density at radius 3 is 2.52 bits per heavy atom. The van der Waals surface area contributed by atoms with Crippen molar-refractivity contribution in [1.82, 2.24) is 9.88 Å². The van der Waals surface area contributed by atoms with Crippen LogP contribution < -0.4 is 4.90 Å². The maximum absolute atomic E-state index is 13.9. The number of fused-ring (bicyclic) bond motifs is 1. The Morgan fingerprint density at radius 2 is 1.74 bits per heavy atom. The molecule has 0 unspecified atom stereocenters. The third kappa shape index (κ3) is 3.35. The number of hydrogen-bond donors (Lipinski definition) is 0. The topological polar surface area (TPSA) is 36.4 Å². The molecular formula is C21H19F2N3O. The summed E-state index contributed by atoms with van der Waals surface area (Å²) < 4.78 is 27.2. The number of benzene rings is 2. The predicted molar refractivity (Wildman–Crippen MR) is 101 cm³/mol. The second kappa shape index (κ2) is 6.95. The van der Waals surface area contributed by atoms with E-state index in [0.717, 1.165) is 40.5 Å². The van der Waals surface area contributed by atoms with Crippen molar-refractivity contribution in [3.63, 3.8) is 0 Å². The monoisotopic (exact) mass is 367 g/mol. The molecule has 1 saturated heterocycles. The number of hydrogen-bond acceptors (Lipinski definition) is 3. The highest BCUT2D eigenvalue weighted by molar-refractivity contribution is 5.94. The largest absolute Gasteiger partial charge is 0.353 e.